The van der Waals surface area contributed by atoms with Crippen LogP contribution in [0.25, 0.3) is 0 Å². The summed E-state index contributed by atoms with van der Waals surface area (Å²) in [6.45, 7) is 4.53. The Kier molecular flexibility index (Phi) is 9.76. The average molecular weight is 581 g/mol. The Labute approximate surface area is 232 Å². The van der Waals surface area contributed by atoms with E-state index in [4.69, 9.17) is 23.2 Å². The van der Waals surface area contributed by atoms with Gasteiger partial charge in [-0.25, -0.2) is 12.8 Å². The minimum absolute atomic E-state index is 0.108. The predicted octanol–water partition coefficient (Wildman–Crippen LogP) is 5.19. The molecule has 11 heteroatoms. The second kappa shape index (κ2) is 12.6. The Balaban J connectivity index is 2.06. The van der Waals surface area contributed by atoms with Gasteiger partial charge in [0.15, 0.2) is 0 Å². The molecule has 0 radical (unpaired) electrons. The summed E-state index contributed by atoms with van der Waals surface area (Å²) in [5.41, 5.74) is 1.04. The van der Waals surface area contributed by atoms with E-state index in [1.807, 2.05) is 0 Å². The highest BCUT2D eigenvalue weighted by atomic mass is 35.5. The number of likely N-dealkylation sites (N-methyl/N-ethyl adjacent to an activating group) is 1. The van der Waals surface area contributed by atoms with E-state index in [2.05, 4.69) is 5.32 Å². The smallest absolute Gasteiger partial charge is 0.264 e. The summed E-state index contributed by atoms with van der Waals surface area (Å²) in [5, 5.41) is 3.33. The monoisotopic (exact) mass is 579 g/mol. The van der Waals surface area contributed by atoms with Crippen LogP contribution >= 0.6 is 23.2 Å². The van der Waals surface area contributed by atoms with Crippen molar-refractivity contribution in [3.05, 3.63) is 93.7 Å². The van der Waals surface area contributed by atoms with Gasteiger partial charge in [0.1, 0.15) is 18.4 Å². The van der Waals surface area contributed by atoms with Crippen LogP contribution in [0.5, 0.6) is 0 Å². The van der Waals surface area contributed by atoms with Gasteiger partial charge < -0.3 is 10.2 Å². The van der Waals surface area contributed by atoms with Crippen molar-refractivity contribution in [2.24, 2.45) is 0 Å². The maximum Gasteiger partial charge on any atom is 0.264 e. The summed E-state index contributed by atoms with van der Waals surface area (Å²) in [7, 11) is -4.36. The van der Waals surface area contributed by atoms with Gasteiger partial charge in [-0.05, 0) is 62.7 Å². The Bertz CT molecular complexity index is 1420. The van der Waals surface area contributed by atoms with Gasteiger partial charge in [-0.15, -0.1) is 0 Å². The number of nitrogens with zero attached hydrogens (tertiary/aromatic N) is 2. The fraction of sp³-hybridized carbons (Fsp3) is 0.259. The van der Waals surface area contributed by atoms with E-state index in [-0.39, 0.29) is 22.2 Å². The summed E-state index contributed by atoms with van der Waals surface area (Å²) in [6, 6.07) is 15.0. The van der Waals surface area contributed by atoms with E-state index in [0.29, 0.717) is 17.1 Å². The average Bonchev–Trinajstić information content (AvgIpc) is 2.87. The lowest BCUT2D eigenvalue weighted by atomic mass is 10.1. The lowest BCUT2D eigenvalue weighted by Crippen LogP contribution is -2.51. The standard InChI is InChI=1S/C27H28Cl2FN3O4S/c1-4-31-27(35)19(3)32(16-20-11-12-21(28)15-23(20)29)26(34)17-33(25-8-6-5-7-24(25)30)38(36,37)22-13-9-18(2)10-14-22/h5-15,19H,4,16-17H2,1-3H3,(H,31,35)/t19-/m1/s1. The summed E-state index contributed by atoms with van der Waals surface area (Å²) in [4.78, 5) is 27.6. The molecular weight excluding hydrogens is 552 g/mol. The number of carbonyl (C=O) groups is 2. The van der Waals surface area contributed by atoms with Crippen molar-refractivity contribution < 1.29 is 22.4 Å². The van der Waals surface area contributed by atoms with Gasteiger partial charge in [-0.2, -0.15) is 0 Å². The van der Waals surface area contributed by atoms with Gasteiger partial charge in [0.25, 0.3) is 10.0 Å². The van der Waals surface area contributed by atoms with E-state index < -0.39 is 40.2 Å². The van der Waals surface area contributed by atoms with Gasteiger partial charge in [0, 0.05) is 23.1 Å². The third-order valence-electron chi connectivity index (χ3n) is 5.88. The minimum atomic E-state index is -4.36. The number of anilines is 1. The largest absolute Gasteiger partial charge is 0.355 e. The molecule has 0 heterocycles. The maximum atomic E-state index is 14.9. The van der Waals surface area contributed by atoms with E-state index in [0.717, 1.165) is 15.9 Å². The number of hydrogen-bond acceptors (Lipinski definition) is 4. The lowest BCUT2D eigenvalue weighted by Gasteiger charge is -2.32. The van der Waals surface area contributed by atoms with Crippen molar-refractivity contribution in [1.29, 1.82) is 0 Å². The quantitative estimate of drug-likeness (QED) is 0.358. The number of sulfonamides is 1. The number of carbonyl (C=O) groups excluding carboxylic acids is 2. The molecule has 0 unspecified atom stereocenters. The number of hydrogen-bond donors (Lipinski definition) is 1. The van der Waals surface area contributed by atoms with Gasteiger partial charge in [0.2, 0.25) is 11.8 Å². The molecular formula is C27H28Cl2FN3O4S. The normalized spacial score (nSPS) is 12.1. The lowest BCUT2D eigenvalue weighted by molar-refractivity contribution is -0.139. The highest BCUT2D eigenvalue weighted by molar-refractivity contribution is 7.92. The first-order chi connectivity index (χ1) is 17.9. The molecule has 0 saturated heterocycles. The van der Waals surface area contributed by atoms with Gasteiger partial charge in [-0.3, -0.25) is 13.9 Å². The first-order valence-corrected chi connectivity index (χ1v) is 14.0. The van der Waals surface area contributed by atoms with Gasteiger partial charge in [-0.1, -0.05) is 59.1 Å². The molecule has 202 valence electrons. The Morgan fingerprint density at radius 2 is 1.68 bits per heavy atom. The fourth-order valence-corrected chi connectivity index (χ4v) is 5.63. The van der Waals surface area contributed by atoms with E-state index in [9.17, 15) is 22.4 Å². The first kappa shape index (κ1) is 29.4. The van der Waals surface area contributed by atoms with Gasteiger partial charge in [0.05, 0.1) is 10.6 Å². The number of para-hydroxylation sites is 1. The van der Waals surface area contributed by atoms with Crippen molar-refractivity contribution in [3.63, 3.8) is 0 Å². The minimum Gasteiger partial charge on any atom is -0.355 e. The molecule has 0 spiro atoms. The Hall–Kier alpha value is -3.14. The molecule has 0 aliphatic rings. The van der Waals surface area contributed by atoms with Crippen LogP contribution in [0.4, 0.5) is 10.1 Å². The Morgan fingerprint density at radius 3 is 2.29 bits per heavy atom. The molecule has 38 heavy (non-hydrogen) atoms. The molecule has 1 atom stereocenters. The van der Waals surface area contributed by atoms with E-state index in [1.165, 1.54) is 48.2 Å². The molecule has 0 fully saturated rings. The van der Waals surface area contributed by atoms with Crippen LogP contribution in [0.15, 0.2) is 71.6 Å². The number of amides is 2. The number of nitrogens with one attached hydrogen (secondary N) is 1. The first-order valence-electron chi connectivity index (χ1n) is 11.8. The zero-order valence-electron chi connectivity index (χ0n) is 21.1. The second-order valence-electron chi connectivity index (χ2n) is 8.60. The summed E-state index contributed by atoms with van der Waals surface area (Å²) in [6.07, 6.45) is 0. The predicted molar refractivity (Wildman–Crippen MR) is 147 cm³/mol. The van der Waals surface area contributed by atoms with Gasteiger partial charge >= 0.3 is 0 Å². The van der Waals surface area contributed by atoms with Crippen molar-refractivity contribution >= 4 is 50.7 Å². The molecule has 3 aromatic rings. The molecule has 0 aliphatic heterocycles. The third-order valence-corrected chi connectivity index (χ3v) is 8.24. The zero-order valence-corrected chi connectivity index (χ0v) is 23.4. The SMILES string of the molecule is CCNC(=O)[C@@H](C)N(Cc1ccc(Cl)cc1Cl)C(=O)CN(c1ccccc1F)S(=O)(=O)c1ccc(C)cc1. The second-order valence-corrected chi connectivity index (χ2v) is 11.3. The maximum absolute atomic E-state index is 14.9. The van der Waals surface area contributed by atoms with Crippen molar-refractivity contribution in [2.45, 2.75) is 38.3 Å². The third kappa shape index (κ3) is 6.83. The number of aryl methyl sites for hydroxylation is 1. The molecule has 2 amide bonds. The fourth-order valence-electron chi connectivity index (χ4n) is 3.74. The van der Waals surface area contributed by atoms with Crippen LogP contribution in [-0.2, 0) is 26.2 Å². The number of benzene rings is 3. The topological polar surface area (TPSA) is 86.8 Å². The summed E-state index contributed by atoms with van der Waals surface area (Å²) < 4.78 is 43.0. The summed E-state index contributed by atoms with van der Waals surface area (Å²) >= 11 is 12.3. The van der Waals surface area contributed by atoms with Crippen molar-refractivity contribution in [2.75, 3.05) is 17.4 Å². The molecule has 7 nitrogen and oxygen atoms in total. The molecule has 0 aromatic heterocycles. The Morgan fingerprint density at radius 1 is 1.03 bits per heavy atom. The number of halogens is 3. The molecule has 3 rings (SSSR count). The van der Waals surface area contributed by atoms with Crippen molar-refractivity contribution in [3.8, 4) is 0 Å². The molecule has 1 N–H and O–H groups in total. The van der Waals surface area contributed by atoms with Crippen LogP contribution in [0.1, 0.15) is 25.0 Å². The zero-order chi connectivity index (χ0) is 28.0. The number of rotatable bonds is 10. The molecule has 0 aliphatic carbocycles. The summed E-state index contributed by atoms with van der Waals surface area (Å²) in [5.74, 6) is -1.99. The van der Waals surface area contributed by atoms with Crippen LogP contribution in [0.3, 0.4) is 0 Å². The molecule has 0 bridgehead atoms. The van der Waals surface area contributed by atoms with Crippen LogP contribution in [0.2, 0.25) is 10.0 Å². The molecule has 3 aromatic carbocycles. The van der Waals surface area contributed by atoms with Crippen LogP contribution in [-0.4, -0.2) is 44.3 Å². The van der Waals surface area contributed by atoms with Crippen LogP contribution < -0.4 is 9.62 Å². The molecule has 0 saturated carbocycles. The van der Waals surface area contributed by atoms with E-state index in [1.54, 1.807) is 38.1 Å². The van der Waals surface area contributed by atoms with E-state index >= 15 is 0 Å². The highest BCUT2D eigenvalue weighted by Gasteiger charge is 2.33. The van der Waals surface area contributed by atoms with Crippen LogP contribution in [0, 0.1) is 12.7 Å². The van der Waals surface area contributed by atoms with Crippen molar-refractivity contribution in [1.82, 2.24) is 10.2 Å². The highest BCUT2D eigenvalue weighted by Crippen LogP contribution is 2.28.